The molecule has 1 N–H and O–H groups in total. The van der Waals surface area contributed by atoms with Crippen molar-refractivity contribution in [1.29, 1.82) is 0 Å². The molecule has 0 aliphatic heterocycles. The van der Waals surface area contributed by atoms with Gasteiger partial charge < -0.3 is 19.2 Å². The molecule has 5 heteroatoms. The first kappa shape index (κ1) is 18.6. The second-order valence-electron chi connectivity index (χ2n) is 6.46. The number of carbonyl (C=O) groups is 1. The van der Waals surface area contributed by atoms with Crippen LogP contribution in [0, 0.1) is 0 Å². The van der Waals surface area contributed by atoms with E-state index < -0.39 is 0 Å². The van der Waals surface area contributed by atoms with E-state index in [0.29, 0.717) is 23.1 Å². The molecule has 0 bridgehead atoms. The number of rotatable bonds is 7. The van der Waals surface area contributed by atoms with Gasteiger partial charge in [-0.05, 0) is 47.9 Å². The van der Waals surface area contributed by atoms with E-state index >= 15 is 0 Å². The lowest BCUT2D eigenvalue weighted by molar-refractivity contribution is 0.0992. The zero-order chi connectivity index (χ0) is 19.2. The molecule has 5 nitrogen and oxygen atoms in total. The normalized spacial score (nSPS) is 10.7. The van der Waals surface area contributed by atoms with E-state index in [9.17, 15) is 4.79 Å². The number of hydrogen-bond acceptors (Lipinski definition) is 4. The molecule has 27 heavy (non-hydrogen) atoms. The maximum absolute atomic E-state index is 12.3. The molecule has 0 unspecified atom stereocenters. The number of hydrogen-bond donors (Lipinski definition) is 1. The van der Waals surface area contributed by atoms with Gasteiger partial charge in [-0.25, -0.2) is 0 Å². The maximum atomic E-state index is 12.3. The van der Waals surface area contributed by atoms with Crippen molar-refractivity contribution in [1.82, 2.24) is 0 Å². The third-order valence-corrected chi connectivity index (χ3v) is 4.14. The first-order chi connectivity index (χ1) is 13.0. The lowest BCUT2D eigenvalue weighted by Crippen LogP contribution is -2.10. The van der Waals surface area contributed by atoms with Crippen molar-refractivity contribution < 1.29 is 18.7 Å². The van der Waals surface area contributed by atoms with Gasteiger partial charge in [-0.1, -0.05) is 32.0 Å². The first-order valence-corrected chi connectivity index (χ1v) is 8.82. The number of carbonyl (C=O) groups excluding carboxylic acids is 1. The molecule has 0 aliphatic rings. The van der Waals surface area contributed by atoms with Crippen molar-refractivity contribution in [2.24, 2.45) is 0 Å². The Hall–Kier alpha value is -3.21. The van der Waals surface area contributed by atoms with Crippen LogP contribution in [-0.2, 0) is 6.61 Å². The van der Waals surface area contributed by atoms with E-state index in [4.69, 9.17) is 13.9 Å². The fourth-order valence-electron chi connectivity index (χ4n) is 2.57. The lowest BCUT2D eigenvalue weighted by atomic mass is 10.0. The molecular weight excluding hydrogens is 342 g/mol. The summed E-state index contributed by atoms with van der Waals surface area (Å²) in [6, 6.07) is 18.5. The molecule has 0 radical (unpaired) electrons. The Morgan fingerprint density at radius 3 is 2.52 bits per heavy atom. The summed E-state index contributed by atoms with van der Waals surface area (Å²) in [7, 11) is 1.58. The van der Waals surface area contributed by atoms with Crippen molar-refractivity contribution >= 4 is 11.6 Å². The zero-order valence-corrected chi connectivity index (χ0v) is 15.7. The van der Waals surface area contributed by atoms with Crippen LogP contribution in [0.4, 0.5) is 5.69 Å². The van der Waals surface area contributed by atoms with Crippen LogP contribution in [0.25, 0.3) is 0 Å². The van der Waals surface area contributed by atoms with Crippen molar-refractivity contribution in [2.45, 2.75) is 26.4 Å². The average molecular weight is 365 g/mol. The Bertz CT molecular complexity index is 897. The number of nitrogens with one attached hydrogen (secondary N) is 1. The highest BCUT2D eigenvalue weighted by atomic mass is 16.5. The summed E-state index contributed by atoms with van der Waals surface area (Å²) in [5.74, 6) is 2.40. The van der Waals surface area contributed by atoms with Gasteiger partial charge in [0.05, 0.1) is 7.11 Å². The quantitative estimate of drug-likeness (QED) is 0.622. The van der Waals surface area contributed by atoms with Gasteiger partial charge in [0.2, 0.25) is 0 Å². The number of furan rings is 1. The highest BCUT2D eigenvalue weighted by Gasteiger charge is 2.12. The average Bonchev–Trinajstić information content (AvgIpc) is 3.16. The number of benzene rings is 2. The largest absolute Gasteiger partial charge is 0.497 e. The predicted molar refractivity (Wildman–Crippen MR) is 105 cm³/mol. The van der Waals surface area contributed by atoms with E-state index in [1.807, 2.05) is 18.2 Å². The molecule has 1 heterocycles. The van der Waals surface area contributed by atoms with Gasteiger partial charge in [0.15, 0.2) is 5.76 Å². The van der Waals surface area contributed by atoms with Gasteiger partial charge >= 0.3 is 0 Å². The molecule has 0 atom stereocenters. The molecule has 2 aromatic carbocycles. The van der Waals surface area contributed by atoms with E-state index in [1.54, 1.807) is 37.4 Å². The van der Waals surface area contributed by atoms with E-state index in [0.717, 1.165) is 5.75 Å². The van der Waals surface area contributed by atoms with Crippen LogP contribution in [-0.4, -0.2) is 13.0 Å². The maximum Gasteiger partial charge on any atom is 0.291 e. The van der Waals surface area contributed by atoms with Crippen molar-refractivity contribution in [2.75, 3.05) is 12.4 Å². The van der Waals surface area contributed by atoms with Gasteiger partial charge in [0.1, 0.15) is 23.9 Å². The van der Waals surface area contributed by atoms with Crippen LogP contribution in [0.15, 0.2) is 65.1 Å². The predicted octanol–water partition coefficient (Wildman–Crippen LogP) is 5.24. The summed E-state index contributed by atoms with van der Waals surface area (Å²) < 4.78 is 16.5. The van der Waals surface area contributed by atoms with Crippen LogP contribution in [0.1, 0.15) is 41.6 Å². The van der Waals surface area contributed by atoms with Crippen molar-refractivity contribution in [3.05, 3.63) is 77.7 Å². The number of ether oxygens (including phenoxy) is 2. The van der Waals surface area contributed by atoms with Gasteiger partial charge in [-0.15, -0.1) is 0 Å². The fourth-order valence-corrected chi connectivity index (χ4v) is 2.57. The molecule has 140 valence electrons. The number of amides is 1. The molecule has 0 aliphatic carbocycles. The number of anilines is 1. The standard InChI is InChI=1S/C22H23NO4/c1-15(2)16-7-9-18(10-8-16)26-14-20-11-12-21(27-20)22(24)23-17-5-4-6-19(13-17)25-3/h4-13,15H,14H2,1-3H3,(H,23,24). The molecule has 0 spiro atoms. The lowest BCUT2D eigenvalue weighted by Gasteiger charge is -2.08. The van der Waals surface area contributed by atoms with Crippen LogP contribution in [0.3, 0.4) is 0 Å². The van der Waals surface area contributed by atoms with Crippen LogP contribution in [0.2, 0.25) is 0 Å². The highest BCUT2D eigenvalue weighted by Crippen LogP contribution is 2.21. The number of methoxy groups -OCH3 is 1. The third kappa shape index (κ3) is 4.91. The van der Waals surface area contributed by atoms with Crippen molar-refractivity contribution in [3.63, 3.8) is 0 Å². The molecule has 0 saturated carbocycles. The Kier molecular flexibility index (Phi) is 5.81. The van der Waals surface area contributed by atoms with Crippen molar-refractivity contribution in [3.8, 4) is 11.5 Å². The fraction of sp³-hybridized carbons (Fsp3) is 0.227. The molecule has 1 amide bonds. The second kappa shape index (κ2) is 8.45. The minimum atomic E-state index is -0.323. The summed E-state index contributed by atoms with van der Waals surface area (Å²) in [5.41, 5.74) is 1.90. The topological polar surface area (TPSA) is 60.7 Å². The summed E-state index contributed by atoms with van der Waals surface area (Å²) in [6.07, 6.45) is 0. The minimum Gasteiger partial charge on any atom is -0.497 e. The minimum absolute atomic E-state index is 0.228. The summed E-state index contributed by atoms with van der Waals surface area (Å²) >= 11 is 0. The van der Waals surface area contributed by atoms with E-state index in [1.165, 1.54) is 5.56 Å². The van der Waals surface area contributed by atoms with Gasteiger partial charge in [-0.2, -0.15) is 0 Å². The van der Waals surface area contributed by atoms with Gasteiger partial charge in [0.25, 0.3) is 5.91 Å². The van der Waals surface area contributed by atoms with Gasteiger partial charge in [-0.3, -0.25) is 4.79 Å². The van der Waals surface area contributed by atoms with Crippen LogP contribution >= 0.6 is 0 Å². The van der Waals surface area contributed by atoms with Gasteiger partial charge in [0, 0.05) is 11.8 Å². The summed E-state index contributed by atoms with van der Waals surface area (Å²) in [4.78, 5) is 12.3. The monoisotopic (exact) mass is 365 g/mol. The third-order valence-electron chi connectivity index (χ3n) is 4.14. The molecule has 3 rings (SSSR count). The van der Waals surface area contributed by atoms with Crippen LogP contribution in [0.5, 0.6) is 11.5 Å². The first-order valence-electron chi connectivity index (χ1n) is 8.82. The molecule has 3 aromatic rings. The van der Waals surface area contributed by atoms with E-state index in [2.05, 4.69) is 31.3 Å². The summed E-state index contributed by atoms with van der Waals surface area (Å²) in [6.45, 7) is 4.56. The Labute approximate surface area is 158 Å². The summed E-state index contributed by atoms with van der Waals surface area (Å²) in [5, 5.41) is 2.78. The highest BCUT2D eigenvalue weighted by molar-refractivity contribution is 6.02. The van der Waals surface area contributed by atoms with E-state index in [-0.39, 0.29) is 18.3 Å². The molecule has 0 saturated heterocycles. The second-order valence-corrected chi connectivity index (χ2v) is 6.46. The Morgan fingerprint density at radius 1 is 1.04 bits per heavy atom. The Morgan fingerprint density at radius 2 is 1.81 bits per heavy atom. The molecule has 0 fully saturated rings. The SMILES string of the molecule is COc1cccc(NC(=O)c2ccc(COc3ccc(C(C)C)cc3)o2)c1. The molecule has 1 aromatic heterocycles. The Balaban J connectivity index is 1.58. The smallest absolute Gasteiger partial charge is 0.291 e. The molecular formula is C22H23NO4. The van der Waals surface area contributed by atoms with Crippen LogP contribution < -0.4 is 14.8 Å². The zero-order valence-electron chi connectivity index (χ0n) is 15.7.